The van der Waals surface area contributed by atoms with Crippen molar-refractivity contribution in [2.24, 2.45) is 0 Å². The number of nitriles is 1. The van der Waals surface area contributed by atoms with Gasteiger partial charge in [0.15, 0.2) is 0 Å². The molecule has 3 rings (SSSR count). The van der Waals surface area contributed by atoms with Crippen molar-refractivity contribution in [2.45, 2.75) is 0 Å². The average Bonchev–Trinajstić information content (AvgIpc) is 2.56. The summed E-state index contributed by atoms with van der Waals surface area (Å²) in [5, 5.41) is 10.7. The molecule has 3 nitrogen and oxygen atoms in total. The Morgan fingerprint density at radius 3 is 2.17 bits per heavy atom. The van der Waals surface area contributed by atoms with Crippen molar-refractivity contribution in [1.82, 2.24) is 4.98 Å². The number of nitrogens with one attached hydrogen (secondary N) is 1. The molecule has 0 bridgehead atoms. The second-order valence-corrected chi connectivity index (χ2v) is 6.32. The van der Waals surface area contributed by atoms with Gasteiger partial charge in [0.05, 0.1) is 5.69 Å². The Labute approximate surface area is 153 Å². The van der Waals surface area contributed by atoms with E-state index in [0.717, 1.165) is 5.56 Å². The van der Waals surface area contributed by atoms with Gasteiger partial charge < -0.3 is 4.98 Å². The van der Waals surface area contributed by atoms with E-state index < -0.39 is 5.56 Å². The summed E-state index contributed by atoms with van der Waals surface area (Å²) in [7, 11) is 0. The first-order chi connectivity index (χ1) is 11.5. The highest BCUT2D eigenvalue weighted by atomic mass is 35.5. The zero-order valence-corrected chi connectivity index (χ0v) is 14.4. The van der Waals surface area contributed by atoms with E-state index in [1.807, 2.05) is 6.07 Å². The van der Waals surface area contributed by atoms with Gasteiger partial charge in [0, 0.05) is 26.2 Å². The van der Waals surface area contributed by atoms with E-state index in [2.05, 4.69) is 4.98 Å². The minimum absolute atomic E-state index is 0.00808. The predicted molar refractivity (Wildman–Crippen MR) is 97.7 cm³/mol. The molecule has 1 aromatic heterocycles. The zero-order chi connectivity index (χ0) is 17.3. The van der Waals surface area contributed by atoms with Gasteiger partial charge in [0.25, 0.3) is 5.56 Å². The van der Waals surface area contributed by atoms with E-state index >= 15 is 0 Å². The van der Waals surface area contributed by atoms with Crippen molar-refractivity contribution in [3.63, 3.8) is 0 Å². The van der Waals surface area contributed by atoms with Gasteiger partial charge in [-0.05, 0) is 35.9 Å². The van der Waals surface area contributed by atoms with Crippen molar-refractivity contribution in [1.29, 1.82) is 5.26 Å². The second kappa shape index (κ2) is 6.70. The molecule has 0 amide bonds. The Kier molecular flexibility index (Phi) is 4.64. The second-order valence-electron chi connectivity index (χ2n) is 5.04. The SMILES string of the molecule is N#Cc1cc(-c2ccc(Cl)cc2Cl)c(-c2ccc(Cl)cc2)[nH]c1=O. The molecule has 1 N–H and O–H groups in total. The molecule has 0 fully saturated rings. The fourth-order valence-corrected chi connectivity index (χ4v) is 3.01. The van der Waals surface area contributed by atoms with Gasteiger partial charge in [-0.2, -0.15) is 5.26 Å². The molecular formula is C18H9Cl3N2O. The average molecular weight is 376 g/mol. The zero-order valence-electron chi connectivity index (χ0n) is 12.1. The highest BCUT2D eigenvalue weighted by molar-refractivity contribution is 6.36. The quantitative estimate of drug-likeness (QED) is 0.639. The molecule has 24 heavy (non-hydrogen) atoms. The number of hydrogen-bond acceptors (Lipinski definition) is 2. The van der Waals surface area contributed by atoms with Gasteiger partial charge in [0.2, 0.25) is 0 Å². The summed E-state index contributed by atoms with van der Waals surface area (Å²) in [5.74, 6) is 0. The molecule has 0 aliphatic carbocycles. The van der Waals surface area contributed by atoms with Crippen LogP contribution in [-0.4, -0.2) is 4.98 Å². The summed E-state index contributed by atoms with van der Waals surface area (Å²) >= 11 is 18.2. The lowest BCUT2D eigenvalue weighted by atomic mass is 9.98. The summed E-state index contributed by atoms with van der Waals surface area (Å²) in [6.45, 7) is 0. The fraction of sp³-hybridized carbons (Fsp3) is 0. The normalized spacial score (nSPS) is 10.4. The summed E-state index contributed by atoms with van der Waals surface area (Å²) in [6, 6.07) is 15.5. The van der Waals surface area contributed by atoms with E-state index in [1.54, 1.807) is 42.5 Å². The molecule has 0 saturated carbocycles. The number of pyridine rings is 1. The fourth-order valence-electron chi connectivity index (χ4n) is 2.38. The molecule has 0 atom stereocenters. The monoisotopic (exact) mass is 374 g/mol. The van der Waals surface area contributed by atoms with E-state index in [9.17, 15) is 4.79 Å². The highest BCUT2D eigenvalue weighted by Crippen LogP contribution is 2.36. The molecule has 6 heteroatoms. The molecular weight excluding hydrogens is 367 g/mol. The number of rotatable bonds is 2. The van der Waals surface area contributed by atoms with Crippen molar-refractivity contribution in [2.75, 3.05) is 0 Å². The predicted octanol–water partition coefficient (Wildman–Crippen LogP) is 5.54. The van der Waals surface area contributed by atoms with Gasteiger partial charge in [-0.25, -0.2) is 0 Å². The number of benzene rings is 2. The third-order valence-corrected chi connectivity index (χ3v) is 4.32. The van der Waals surface area contributed by atoms with Gasteiger partial charge in [-0.15, -0.1) is 0 Å². The lowest BCUT2D eigenvalue weighted by Crippen LogP contribution is -2.12. The number of aromatic amines is 1. The number of aromatic nitrogens is 1. The third kappa shape index (κ3) is 3.18. The van der Waals surface area contributed by atoms with E-state index in [-0.39, 0.29) is 5.56 Å². The van der Waals surface area contributed by atoms with E-state index in [4.69, 9.17) is 40.1 Å². The lowest BCUT2D eigenvalue weighted by molar-refractivity contribution is 1.22. The first kappa shape index (κ1) is 16.6. The van der Waals surface area contributed by atoms with Crippen molar-refractivity contribution in [3.8, 4) is 28.5 Å². The molecule has 2 aromatic carbocycles. The highest BCUT2D eigenvalue weighted by Gasteiger charge is 2.15. The first-order valence-electron chi connectivity index (χ1n) is 6.88. The van der Waals surface area contributed by atoms with Crippen LogP contribution >= 0.6 is 34.8 Å². The Morgan fingerprint density at radius 2 is 1.54 bits per heavy atom. The van der Waals surface area contributed by atoms with Crippen LogP contribution in [-0.2, 0) is 0 Å². The van der Waals surface area contributed by atoms with Crippen molar-refractivity contribution in [3.05, 3.63) is 79.5 Å². The number of hydrogen-bond donors (Lipinski definition) is 1. The number of H-pyrrole nitrogens is 1. The van der Waals surface area contributed by atoms with Gasteiger partial charge in [-0.3, -0.25) is 4.79 Å². The van der Waals surface area contributed by atoms with Crippen LogP contribution in [0, 0.1) is 11.3 Å². The van der Waals surface area contributed by atoms with Crippen LogP contribution in [0.25, 0.3) is 22.4 Å². The van der Waals surface area contributed by atoms with E-state index in [0.29, 0.717) is 31.9 Å². The maximum atomic E-state index is 12.1. The van der Waals surface area contributed by atoms with Gasteiger partial charge in [-0.1, -0.05) is 53.0 Å². The minimum atomic E-state index is -0.462. The maximum absolute atomic E-state index is 12.1. The van der Waals surface area contributed by atoms with Gasteiger partial charge in [0.1, 0.15) is 11.6 Å². The van der Waals surface area contributed by atoms with Crippen LogP contribution in [0.1, 0.15) is 5.56 Å². The van der Waals surface area contributed by atoms with Crippen LogP contribution in [0.15, 0.2) is 53.3 Å². The topological polar surface area (TPSA) is 56.6 Å². The standard InChI is InChI=1S/C18H9Cl3N2O/c19-12-3-1-10(2-4-12)17-15(7-11(9-22)18(24)23-17)14-6-5-13(20)8-16(14)21/h1-8H,(H,23,24). The van der Waals surface area contributed by atoms with Crippen LogP contribution in [0.2, 0.25) is 15.1 Å². The third-order valence-electron chi connectivity index (χ3n) is 3.52. The maximum Gasteiger partial charge on any atom is 0.266 e. The molecule has 3 aromatic rings. The molecule has 0 saturated heterocycles. The molecule has 0 spiro atoms. The number of halogens is 3. The van der Waals surface area contributed by atoms with Crippen LogP contribution < -0.4 is 5.56 Å². The van der Waals surface area contributed by atoms with Crippen molar-refractivity contribution >= 4 is 34.8 Å². The van der Waals surface area contributed by atoms with Crippen LogP contribution in [0.5, 0.6) is 0 Å². The van der Waals surface area contributed by atoms with Crippen LogP contribution in [0.4, 0.5) is 0 Å². The summed E-state index contributed by atoms with van der Waals surface area (Å²) < 4.78 is 0. The minimum Gasteiger partial charge on any atom is -0.320 e. The molecule has 0 radical (unpaired) electrons. The Morgan fingerprint density at radius 1 is 0.875 bits per heavy atom. The molecule has 0 unspecified atom stereocenters. The summed E-state index contributed by atoms with van der Waals surface area (Å²) in [4.78, 5) is 14.8. The number of nitrogens with zero attached hydrogens (tertiary/aromatic N) is 1. The largest absolute Gasteiger partial charge is 0.320 e. The Hall–Kier alpha value is -2.25. The molecule has 1 heterocycles. The lowest BCUT2D eigenvalue weighted by Gasteiger charge is -2.12. The Bertz CT molecular complexity index is 1020. The molecule has 0 aliphatic rings. The summed E-state index contributed by atoms with van der Waals surface area (Å²) in [6.07, 6.45) is 0. The molecule has 118 valence electrons. The summed E-state index contributed by atoms with van der Waals surface area (Å²) in [5.41, 5.74) is 2.15. The first-order valence-corrected chi connectivity index (χ1v) is 8.02. The Balaban J connectivity index is 2.32. The van der Waals surface area contributed by atoms with Gasteiger partial charge >= 0.3 is 0 Å². The van der Waals surface area contributed by atoms with Crippen LogP contribution in [0.3, 0.4) is 0 Å². The van der Waals surface area contributed by atoms with E-state index in [1.165, 1.54) is 6.07 Å². The smallest absolute Gasteiger partial charge is 0.266 e. The molecule has 0 aliphatic heterocycles. The van der Waals surface area contributed by atoms with Crippen molar-refractivity contribution < 1.29 is 0 Å².